The Morgan fingerprint density at radius 1 is 1.50 bits per heavy atom. The zero-order chi connectivity index (χ0) is 18.5. The molecule has 8 nitrogen and oxygen atoms in total. The molecule has 1 aliphatic heterocycles. The normalized spacial score (nSPS) is 18.1. The van der Waals surface area contributed by atoms with Gasteiger partial charge in [-0.25, -0.2) is 4.99 Å². The lowest BCUT2D eigenvalue weighted by Crippen LogP contribution is -2.35. The van der Waals surface area contributed by atoms with Gasteiger partial charge in [0.2, 0.25) is 0 Å². The molecule has 2 aromatic rings. The van der Waals surface area contributed by atoms with Crippen LogP contribution < -0.4 is 10.2 Å². The third-order valence-electron chi connectivity index (χ3n) is 4.36. The van der Waals surface area contributed by atoms with Gasteiger partial charge in [0.1, 0.15) is 11.3 Å². The molecular weight excluding hydrogens is 330 g/mol. The zero-order valence-electron chi connectivity index (χ0n) is 15.4. The quantitative estimate of drug-likeness (QED) is 0.807. The first-order chi connectivity index (χ1) is 12.6. The summed E-state index contributed by atoms with van der Waals surface area (Å²) in [5.74, 6) is 1.61. The Bertz CT molecular complexity index is 817. The van der Waals surface area contributed by atoms with E-state index in [0.29, 0.717) is 23.0 Å². The number of aliphatic imine (C=N–C) groups is 1. The number of rotatable bonds is 5. The number of aromatic nitrogens is 4. The van der Waals surface area contributed by atoms with Gasteiger partial charge >= 0.3 is 0 Å². The number of H-pyrrole nitrogens is 1. The van der Waals surface area contributed by atoms with Crippen molar-refractivity contribution in [1.29, 1.82) is 0 Å². The van der Waals surface area contributed by atoms with Crippen LogP contribution in [0.4, 0.5) is 17.3 Å². The minimum atomic E-state index is -0.259. The van der Waals surface area contributed by atoms with Crippen LogP contribution in [0.2, 0.25) is 0 Å². The number of carbonyl (C=O) groups excluding carboxylic acids is 1. The molecule has 0 radical (unpaired) electrons. The zero-order valence-corrected chi connectivity index (χ0v) is 15.4. The highest BCUT2D eigenvalue weighted by Gasteiger charge is 2.23. The summed E-state index contributed by atoms with van der Waals surface area (Å²) in [5, 5.41) is 14.2. The number of nitrogens with zero attached hydrogens (tertiary/aromatic N) is 5. The number of hydrogen-bond acceptors (Lipinski definition) is 5. The average Bonchev–Trinajstić information content (AvgIpc) is 3.22. The molecule has 1 aliphatic rings. The van der Waals surface area contributed by atoms with E-state index < -0.39 is 0 Å². The Morgan fingerprint density at radius 2 is 2.35 bits per heavy atom. The molecule has 0 aromatic carbocycles. The van der Waals surface area contributed by atoms with Crippen molar-refractivity contribution < 1.29 is 4.79 Å². The summed E-state index contributed by atoms with van der Waals surface area (Å²) in [5.41, 5.74) is 1.10. The lowest BCUT2D eigenvalue weighted by molar-refractivity contribution is 0.102. The number of nitrogens with one attached hydrogen (secondary N) is 2. The molecule has 1 fully saturated rings. The fourth-order valence-electron chi connectivity index (χ4n) is 3.12. The van der Waals surface area contributed by atoms with Crippen LogP contribution in [0.3, 0.4) is 0 Å². The van der Waals surface area contributed by atoms with E-state index >= 15 is 0 Å². The third-order valence-corrected chi connectivity index (χ3v) is 4.36. The number of aryl methyl sites for hydroxylation is 1. The van der Waals surface area contributed by atoms with Crippen LogP contribution in [-0.2, 0) is 7.05 Å². The maximum atomic E-state index is 12.7. The summed E-state index contributed by atoms with van der Waals surface area (Å²) >= 11 is 0. The summed E-state index contributed by atoms with van der Waals surface area (Å²) < 4.78 is 1.73. The second-order valence-corrected chi connectivity index (χ2v) is 6.62. The molecule has 8 heteroatoms. The molecular formula is C18H25N7O. The fourth-order valence-corrected chi connectivity index (χ4v) is 3.12. The van der Waals surface area contributed by atoms with Gasteiger partial charge in [-0.3, -0.25) is 14.6 Å². The largest absolute Gasteiger partial charge is 0.353 e. The lowest BCUT2D eigenvalue weighted by Gasteiger charge is -2.31. The van der Waals surface area contributed by atoms with Crippen molar-refractivity contribution in [3.8, 4) is 0 Å². The van der Waals surface area contributed by atoms with Crippen molar-refractivity contribution in [2.24, 2.45) is 18.0 Å². The summed E-state index contributed by atoms with van der Waals surface area (Å²) in [6.45, 7) is 6.05. The minimum absolute atomic E-state index is 0.259. The monoisotopic (exact) mass is 355 g/mol. The van der Waals surface area contributed by atoms with Crippen molar-refractivity contribution in [2.75, 3.05) is 23.3 Å². The highest BCUT2D eigenvalue weighted by molar-refractivity contribution is 6.08. The van der Waals surface area contributed by atoms with E-state index in [1.54, 1.807) is 17.0 Å². The first kappa shape index (κ1) is 17.9. The van der Waals surface area contributed by atoms with Crippen molar-refractivity contribution >= 4 is 29.4 Å². The van der Waals surface area contributed by atoms with E-state index in [0.717, 1.165) is 25.3 Å². The molecule has 0 aliphatic carbocycles. The molecule has 2 N–H and O–H groups in total. The molecule has 0 saturated carbocycles. The predicted octanol–water partition coefficient (Wildman–Crippen LogP) is 2.91. The summed E-state index contributed by atoms with van der Waals surface area (Å²) in [7, 11) is 1.86. The first-order valence-corrected chi connectivity index (χ1v) is 8.87. The highest BCUT2D eigenvalue weighted by atomic mass is 16.1. The number of piperidine rings is 1. The lowest BCUT2D eigenvalue weighted by atomic mass is 10.0. The maximum Gasteiger partial charge on any atom is 0.261 e. The van der Waals surface area contributed by atoms with E-state index in [-0.39, 0.29) is 5.91 Å². The summed E-state index contributed by atoms with van der Waals surface area (Å²) in [6, 6.07) is 0. The first-order valence-electron chi connectivity index (χ1n) is 8.87. The molecule has 3 heterocycles. The molecule has 138 valence electrons. The SMILES string of the molecule is C/C=C\C=Nc1[nH]ncc1C(=O)Nc1cn(C)nc1N1CCCC(C)C1. The molecule has 26 heavy (non-hydrogen) atoms. The number of anilines is 2. The molecule has 1 saturated heterocycles. The Balaban J connectivity index is 1.79. The molecule has 0 spiro atoms. The number of amides is 1. The number of aromatic amines is 1. The second-order valence-electron chi connectivity index (χ2n) is 6.62. The second kappa shape index (κ2) is 7.99. The van der Waals surface area contributed by atoms with Gasteiger partial charge in [0.05, 0.1) is 12.4 Å². The molecule has 0 bridgehead atoms. The number of carbonyl (C=O) groups is 1. The van der Waals surface area contributed by atoms with Crippen molar-refractivity contribution in [2.45, 2.75) is 26.7 Å². The fraction of sp³-hybridized carbons (Fsp3) is 0.444. The molecule has 3 rings (SSSR count). The summed E-state index contributed by atoms with van der Waals surface area (Å²) in [6.07, 6.45) is 11.0. The van der Waals surface area contributed by atoms with Gasteiger partial charge in [-0.2, -0.15) is 10.2 Å². The molecule has 1 atom stereocenters. The Morgan fingerprint density at radius 3 is 3.12 bits per heavy atom. The number of hydrogen-bond donors (Lipinski definition) is 2. The Labute approximate surface area is 153 Å². The maximum absolute atomic E-state index is 12.7. The van der Waals surface area contributed by atoms with Gasteiger partial charge in [-0.15, -0.1) is 0 Å². The average molecular weight is 355 g/mol. The number of allylic oxidation sites excluding steroid dienone is 2. The van der Waals surface area contributed by atoms with Gasteiger partial charge < -0.3 is 10.2 Å². The Kier molecular flexibility index (Phi) is 5.50. The van der Waals surface area contributed by atoms with Gasteiger partial charge in [-0.05, 0) is 31.8 Å². The van der Waals surface area contributed by atoms with E-state index in [4.69, 9.17) is 0 Å². The van der Waals surface area contributed by atoms with Crippen LogP contribution in [-0.4, -0.2) is 45.2 Å². The van der Waals surface area contributed by atoms with E-state index in [9.17, 15) is 4.79 Å². The van der Waals surface area contributed by atoms with Crippen LogP contribution in [0.15, 0.2) is 29.5 Å². The van der Waals surface area contributed by atoms with Crippen LogP contribution in [0, 0.1) is 5.92 Å². The van der Waals surface area contributed by atoms with E-state index in [1.807, 2.05) is 26.2 Å². The van der Waals surface area contributed by atoms with Crippen molar-refractivity contribution in [3.05, 3.63) is 30.1 Å². The van der Waals surface area contributed by atoms with Gasteiger partial charge in [0.15, 0.2) is 11.6 Å². The van der Waals surface area contributed by atoms with Crippen LogP contribution in [0.25, 0.3) is 0 Å². The highest BCUT2D eigenvalue weighted by Crippen LogP contribution is 2.29. The molecule has 1 amide bonds. The van der Waals surface area contributed by atoms with E-state index in [1.165, 1.54) is 12.6 Å². The van der Waals surface area contributed by atoms with Gasteiger partial charge in [-0.1, -0.05) is 13.0 Å². The summed E-state index contributed by atoms with van der Waals surface area (Å²) in [4.78, 5) is 19.2. The van der Waals surface area contributed by atoms with Crippen LogP contribution in [0.1, 0.15) is 37.0 Å². The Hall–Kier alpha value is -2.90. The van der Waals surface area contributed by atoms with Crippen molar-refractivity contribution in [3.63, 3.8) is 0 Å². The third kappa shape index (κ3) is 4.01. The smallest absolute Gasteiger partial charge is 0.261 e. The van der Waals surface area contributed by atoms with E-state index in [2.05, 4.69) is 37.4 Å². The topological polar surface area (TPSA) is 91.2 Å². The van der Waals surface area contributed by atoms with Crippen molar-refractivity contribution in [1.82, 2.24) is 20.0 Å². The van der Waals surface area contributed by atoms with Crippen LogP contribution in [0.5, 0.6) is 0 Å². The van der Waals surface area contributed by atoms with Gasteiger partial charge in [0, 0.05) is 26.4 Å². The predicted molar refractivity (Wildman–Crippen MR) is 103 cm³/mol. The van der Waals surface area contributed by atoms with Crippen LogP contribution >= 0.6 is 0 Å². The molecule has 1 unspecified atom stereocenters. The van der Waals surface area contributed by atoms with Gasteiger partial charge in [0.25, 0.3) is 5.91 Å². The standard InChI is InChI=1S/C18H25N7O/c1-4-5-8-19-16-14(10-20-22-16)18(26)21-15-12-24(3)23-17(15)25-9-6-7-13(2)11-25/h4-5,8,10,12-13H,6-7,9,11H2,1-3H3,(H,20,22)(H,21,26)/b5-4-,19-8?. The minimum Gasteiger partial charge on any atom is -0.353 e. The molecule has 2 aromatic heterocycles.